The van der Waals surface area contributed by atoms with Crippen LogP contribution in [0.1, 0.15) is 186 Å². The van der Waals surface area contributed by atoms with Gasteiger partial charge in [0.25, 0.3) is 0 Å². The van der Waals surface area contributed by atoms with E-state index in [0.29, 0.717) is 70.0 Å². The van der Waals surface area contributed by atoms with Crippen molar-refractivity contribution in [2.45, 2.75) is 198 Å². The SMILES string of the molecule is CC(C)C(C)/C=C/C(C)C1CCC2C3=CC=C4C[C@@H](OC(=O)CCC(=O)O[C@H]5CC[C@@]6(C)C(=CC=C7C8CCC(C(C)/C=C/C(C)C(C)C)[C@@]8(C)CCC76)C5)CC[C@]4(C)C3CC[C@@]21C. The minimum Gasteiger partial charge on any atom is -0.462 e. The molecule has 0 amide bonds. The molecule has 6 fully saturated rings. The number of allylic oxidation sites excluding steroid dienone is 10. The maximum absolute atomic E-state index is 13.3. The van der Waals surface area contributed by atoms with Gasteiger partial charge in [0, 0.05) is 12.8 Å². The number of ether oxygens (including phenoxy) is 2. The fourth-order valence-electron chi connectivity index (χ4n) is 16.1. The molecule has 4 heteroatoms. The summed E-state index contributed by atoms with van der Waals surface area (Å²) in [5.41, 5.74) is 7.41. The van der Waals surface area contributed by atoms with Gasteiger partial charge in [-0.25, -0.2) is 0 Å². The molecule has 0 spiro atoms. The van der Waals surface area contributed by atoms with Gasteiger partial charge in [-0.1, -0.05) is 154 Å². The second-order valence-corrected chi connectivity index (χ2v) is 25.1. The van der Waals surface area contributed by atoms with E-state index in [0.717, 1.165) is 50.4 Å². The van der Waals surface area contributed by atoms with Crippen LogP contribution < -0.4 is 0 Å². The van der Waals surface area contributed by atoms with Crippen molar-refractivity contribution in [3.05, 3.63) is 70.9 Å². The summed E-state index contributed by atoms with van der Waals surface area (Å²) in [6.07, 6.45) is 35.9. The second-order valence-electron chi connectivity index (χ2n) is 25.1. The van der Waals surface area contributed by atoms with Crippen LogP contribution in [0.15, 0.2) is 70.9 Å². The summed E-state index contributed by atoms with van der Waals surface area (Å²) in [4.78, 5) is 26.5. The standard InChI is InChI=1S/C60H90O4/c1-37(2)39(5)13-15-41(7)49-21-23-51-47-19-17-43-35-45(27-31-57(43,9)53(47)29-33-59(49,51)11)63-55(61)25-26-56(62)64-46-28-32-58(10)44(36-46)18-20-48-52-24-22-50(60(52,12)34-30-54(48)58)42(8)16-14-40(6)38(3)4/h13-20,37-42,45-46,49-54H,21-36H2,1-12H3/b15-13+,16-14+/t39?,40?,41?,42?,45-,46-,49?,50?,51?,52?,53?,54?,57-,58-,59+,60+/m0/s1. The number of carbonyl (C=O) groups excluding carboxylic acids is 2. The van der Waals surface area contributed by atoms with E-state index in [1.807, 2.05) is 0 Å². The van der Waals surface area contributed by atoms with E-state index >= 15 is 0 Å². The van der Waals surface area contributed by atoms with Crippen LogP contribution in [0.3, 0.4) is 0 Å². The molecule has 16 atom stereocenters. The molecule has 0 aromatic heterocycles. The predicted octanol–water partition coefficient (Wildman–Crippen LogP) is 15.6. The summed E-state index contributed by atoms with van der Waals surface area (Å²) in [5, 5.41) is 0. The van der Waals surface area contributed by atoms with Gasteiger partial charge in [-0.2, -0.15) is 0 Å². The highest BCUT2D eigenvalue weighted by molar-refractivity contribution is 5.78. The average molecular weight is 875 g/mol. The van der Waals surface area contributed by atoms with Gasteiger partial charge < -0.3 is 9.47 Å². The predicted molar refractivity (Wildman–Crippen MR) is 264 cm³/mol. The Labute approximate surface area is 391 Å². The van der Waals surface area contributed by atoms with Crippen LogP contribution in [0.25, 0.3) is 0 Å². The van der Waals surface area contributed by atoms with Gasteiger partial charge in [-0.15, -0.1) is 0 Å². The highest BCUT2D eigenvalue weighted by atomic mass is 16.6. The van der Waals surface area contributed by atoms with E-state index in [9.17, 15) is 9.59 Å². The molecule has 64 heavy (non-hydrogen) atoms. The maximum atomic E-state index is 13.3. The summed E-state index contributed by atoms with van der Waals surface area (Å²) < 4.78 is 12.3. The molecular formula is C60H90O4. The van der Waals surface area contributed by atoms with E-state index in [1.165, 1.54) is 62.5 Å². The first-order valence-electron chi connectivity index (χ1n) is 26.9. The quantitative estimate of drug-likeness (QED) is 0.137. The molecule has 6 saturated carbocycles. The minimum atomic E-state index is -0.257. The van der Waals surface area contributed by atoms with Crippen molar-refractivity contribution in [2.75, 3.05) is 0 Å². The largest absolute Gasteiger partial charge is 0.462 e. The summed E-state index contributed by atoms with van der Waals surface area (Å²) in [5.74, 6) is 7.37. The minimum absolute atomic E-state index is 0.0946. The number of hydrogen-bond donors (Lipinski definition) is 0. The molecule has 8 aliphatic carbocycles. The van der Waals surface area contributed by atoms with Gasteiger partial charge >= 0.3 is 11.9 Å². The van der Waals surface area contributed by atoms with Gasteiger partial charge in [0.15, 0.2) is 0 Å². The molecule has 0 N–H and O–H groups in total. The van der Waals surface area contributed by atoms with Crippen molar-refractivity contribution >= 4 is 11.9 Å². The van der Waals surface area contributed by atoms with E-state index < -0.39 is 0 Å². The lowest BCUT2D eigenvalue weighted by Gasteiger charge is -2.55. The second kappa shape index (κ2) is 18.5. The Hall–Kier alpha value is -2.62. The van der Waals surface area contributed by atoms with Crippen LogP contribution in [0.2, 0.25) is 0 Å². The zero-order valence-corrected chi connectivity index (χ0v) is 42.6. The van der Waals surface area contributed by atoms with Gasteiger partial charge in [0.2, 0.25) is 0 Å². The number of fused-ring (bicyclic) bond motifs is 10. The van der Waals surface area contributed by atoms with Crippen LogP contribution in [0, 0.1) is 92.7 Å². The van der Waals surface area contributed by atoms with Crippen LogP contribution in [0.4, 0.5) is 0 Å². The van der Waals surface area contributed by atoms with E-state index in [2.05, 4.69) is 132 Å². The van der Waals surface area contributed by atoms with E-state index in [1.54, 1.807) is 11.1 Å². The number of esters is 2. The Morgan fingerprint density at radius 1 is 0.516 bits per heavy atom. The molecule has 0 saturated heterocycles. The Morgan fingerprint density at radius 3 is 1.28 bits per heavy atom. The molecule has 0 radical (unpaired) electrons. The van der Waals surface area contributed by atoms with Crippen molar-refractivity contribution < 1.29 is 19.1 Å². The molecule has 8 aliphatic rings. The highest BCUT2D eigenvalue weighted by Gasteiger charge is 2.59. The maximum Gasteiger partial charge on any atom is 0.306 e. The molecule has 10 unspecified atom stereocenters. The molecule has 0 aromatic carbocycles. The molecule has 0 aromatic rings. The lowest BCUT2D eigenvalue weighted by Crippen LogP contribution is -2.46. The summed E-state index contributed by atoms with van der Waals surface area (Å²) >= 11 is 0. The monoisotopic (exact) mass is 875 g/mol. The number of rotatable bonds is 13. The Balaban J connectivity index is 0.819. The first-order chi connectivity index (χ1) is 30.3. The molecular weight excluding hydrogens is 785 g/mol. The van der Waals surface area contributed by atoms with Gasteiger partial charge in [-0.3, -0.25) is 9.59 Å². The molecule has 354 valence electrons. The van der Waals surface area contributed by atoms with E-state index in [-0.39, 0.29) is 47.8 Å². The third kappa shape index (κ3) is 8.72. The highest BCUT2D eigenvalue weighted by Crippen LogP contribution is 2.68. The molecule has 0 heterocycles. The lowest BCUT2D eigenvalue weighted by molar-refractivity contribution is -0.157. The van der Waals surface area contributed by atoms with Gasteiger partial charge in [-0.05, 0) is 170 Å². The molecule has 0 aliphatic heterocycles. The van der Waals surface area contributed by atoms with Gasteiger partial charge in [0.1, 0.15) is 12.2 Å². The lowest BCUT2D eigenvalue weighted by atomic mass is 9.50. The molecule has 8 rings (SSSR count). The summed E-state index contributed by atoms with van der Waals surface area (Å²) in [6, 6.07) is 0. The third-order valence-electron chi connectivity index (χ3n) is 21.1. The average Bonchev–Trinajstić information content (AvgIpc) is 3.80. The van der Waals surface area contributed by atoms with Crippen LogP contribution in [0.5, 0.6) is 0 Å². The van der Waals surface area contributed by atoms with Crippen molar-refractivity contribution in [2.24, 2.45) is 92.7 Å². The topological polar surface area (TPSA) is 52.6 Å². The normalized spacial score (nSPS) is 41.0. The van der Waals surface area contributed by atoms with Crippen LogP contribution >= 0.6 is 0 Å². The fourth-order valence-corrected chi connectivity index (χ4v) is 16.1. The molecule has 0 bridgehead atoms. The Morgan fingerprint density at radius 2 is 0.906 bits per heavy atom. The van der Waals surface area contributed by atoms with Crippen molar-refractivity contribution in [1.82, 2.24) is 0 Å². The Kier molecular flexibility index (Phi) is 13.8. The summed E-state index contributed by atoms with van der Waals surface area (Å²) in [7, 11) is 0. The number of hydrogen-bond acceptors (Lipinski definition) is 4. The third-order valence-corrected chi connectivity index (χ3v) is 21.1. The van der Waals surface area contributed by atoms with E-state index in [4.69, 9.17) is 9.47 Å². The Bertz CT molecular complexity index is 1800. The fraction of sp³-hybridized carbons (Fsp3) is 0.767. The first kappa shape index (κ1) is 47.9. The number of carbonyl (C=O) groups is 2. The van der Waals surface area contributed by atoms with Crippen LogP contribution in [-0.4, -0.2) is 24.1 Å². The van der Waals surface area contributed by atoms with Crippen LogP contribution in [-0.2, 0) is 19.1 Å². The smallest absolute Gasteiger partial charge is 0.306 e. The first-order valence-corrected chi connectivity index (χ1v) is 26.9. The zero-order chi connectivity index (χ0) is 45.9. The van der Waals surface area contributed by atoms with Crippen molar-refractivity contribution in [1.29, 1.82) is 0 Å². The van der Waals surface area contributed by atoms with Crippen molar-refractivity contribution in [3.8, 4) is 0 Å². The van der Waals surface area contributed by atoms with Gasteiger partial charge in [0.05, 0.1) is 12.8 Å². The summed E-state index contributed by atoms with van der Waals surface area (Å²) in [6.45, 7) is 29.2. The zero-order valence-electron chi connectivity index (χ0n) is 42.6. The van der Waals surface area contributed by atoms with Crippen molar-refractivity contribution in [3.63, 3.8) is 0 Å². The molecule has 4 nitrogen and oxygen atoms in total.